The highest BCUT2D eigenvalue weighted by molar-refractivity contribution is 7.81. The van der Waals surface area contributed by atoms with Crippen molar-refractivity contribution < 1.29 is 14.9 Å². The Kier molecular flexibility index (Phi) is 3.28. The maximum Gasteiger partial charge on any atom is 0.167 e. The van der Waals surface area contributed by atoms with Crippen molar-refractivity contribution in [3.8, 4) is 0 Å². The summed E-state index contributed by atoms with van der Waals surface area (Å²) in [5, 5.41) is 18.6. The molecular formula is C11H15N5O3S. The molecule has 0 radical (unpaired) electrons. The number of ether oxygens (including phenoxy) is 1. The van der Waals surface area contributed by atoms with Gasteiger partial charge in [-0.05, 0) is 6.92 Å². The fourth-order valence-corrected chi connectivity index (χ4v) is 2.75. The molecule has 0 spiro atoms. The summed E-state index contributed by atoms with van der Waals surface area (Å²) in [6, 6.07) is 0. The average Bonchev–Trinajstić information content (AvgIpc) is 2.93. The van der Waals surface area contributed by atoms with Crippen molar-refractivity contribution in [2.24, 2.45) is 0 Å². The number of hydrogen-bond acceptors (Lipinski definition) is 8. The molecule has 3 rings (SSSR count). The highest BCUT2D eigenvalue weighted by Crippen LogP contribution is 2.34. The van der Waals surface area contributed by atoms with E-state index in [-0.39, 0.29) is 6.61 Å². The summed E-state index contributed by atoms with van der Waals surface area (Å²) in [6.45, 7) is 1.45. The quantitative estimate of drug-likeness (QED) is 0.539. The number of aryl methyl sites for hydroxylation is 1. The van der Waals surface area contributed by atoms with Gasteiger partial charge in [0.25, 0.3) is 0 Å². The first-order valence-corrected chi connectivity index (χ1v) is 6.63. The molecule has 0 saturated carbocycles. The van der Waals surface area contributed by atoms with E-state index >= 15 is 0 Å². The van der Waals surface area contributed by atoms with Gasteiger partial charge in [0.05, 0.1) is 24.3 Å². The molecule has 8 nitrogen and oxygen atoms in total. The van der Waals surface area contributed by atoms with Crippen LogP contribution in [0.5, 0.6) is 0 Å². The normalized spacial score (nSPS) is 30.2. The number of hydrogen-bond donors (Lipinski definition) is 4. The van der Waals surface area contributed by atoms with Crippen LogP contribution >= 0.6 is 12.6 Å². The molecule has 0 aromatic carbocycles. The fourth-order valence-electron chi connectivity index (χ4n) is 2.35. The first-order valence-electron chi connectivity index (χ1n) is 6.12. The molecule has 4 unspecified atom stereocenters. The zero-order valence-electron chi connectivity index (χ0n) is 10.7. The molecule has 4 N–H and O–H groups in total. The predicted octanol–water partition coefficient (Wildman–Crippen LogP) is -0.734. The number of fused-ring (bicyclic) bond motifs is 1. The van der Waals surface area contributed by atoms with Gasteiger partial charge in [-0.25, -0.2) is 15.0 Å². The molecule has 1 fully saturated rings. The molecular weight excluding hydrogens is 282 g/mol. The monoisotopic (exact) mass is 297 g/mol. The first kappa shape index (κ1) is 13.6. The highest BCUT2D eigenvalue weighted by Gasteiger charge is 2.43. The van der Waals surface area contributed by atoms with Gasteiger partial charge < -0.3 is 20.7 Å². The second-order valence-corrected chi connectivity index (χ2v) is 5.31. The molecule has 2 aromatic heterocycles. The fraction of sp³-hybridized carbons (Fsp3) is 0.545. The lowest BCUT2D eigenvalue weighted by molar-refractivity contribution is -0.0430. The van der Waals surface area contributed by atoms with E-state index in [4.69, 9.17) is 10.5 Å². The number of aliphatic hydroxyl groups is 2. The number of nitrogens with two attached hydrogens (primary N) is 1. The summed E-state index contributed by atoms with van der Waals surface area (Å²) < 4.78 is 7.26. The standard InChI is InChI=1S/C11H15N5O3S/c1-4-14-9(12)6-10(15-4)16(3-13-6)11-8(20)7(18)5(2-17)19-11/h3,5,7-8,11,17-18,20H,2H2,1H3,(H2,12,14,15). The van der Waals surface area contributed by atoms with E-state index in [1.807, 2.05) is 0 Å². The first-order chi connectivity index (χ1) is 9.52. The molecule has 1 saturated heterocycles. The maximum atomic E-state index is 9.96. The van der Waals surface area contributed by atoms with Crippen LogP contribution in [0, 0.1) is 6.92 Å². The van der Waals surface area contributed by atoms with E-state index in [2.05, 4.69) is 27.6 Å². The second kappa shape index (κ2) is 4.85. The zero-order chi connectivity index (χ0) is 14.4. The minimum atomic E-state index is -0.869. The summed E-state index contributed by atoms with van der Waals surface area (Å²) >= 11 is 4.35. The van der Waals surface area contributed by atoms with Crippen molar-refractivity contribution >= 4 is 29.6 Å². The maximum absolute atomic E-state index is 9.96. The number of anilines is 1. The molecule has 20 heavy (non-hydrogen) atoms. The Morgan fingerprint density at radius 1 is 1.50 bits per heavy atom. The third-order valence-corrected chi connectivity index (χ3v) is 3.91. The lowest BCUT2D eigenvalue weighted by atomic mass is 10.2. The molecule has 0 bridgehead atoms. The van der Waals surface area contributed by atoms with Crippen LogP contribution in [0.2, 0.25) is 0 Å². The van der Waals surface area contributed by atoms with E-state index in [1.165, 1.54) is 6.33 Å². The van der Waals surface area contributed by atoms with Gasteiger partial charge in [0.15, 0.2) is 17.7 Å². The SMILES string of the molecule is Cc1nc(N)c2ncn(C3OC(CO)C(O)C3S)c2n1. The third-order valence-electron chi connectivity index (χ3n) is 3.35. The van der Waals surface area contributed by atoms with Crippen molar-refractivity contribution in [1.29, 1.82) is 0 Å². The summed E-state index contributed by atoms with van der Waals surface area (Å²) in [4.78, 5) is 12.5. The molecule has 9 heteroatoms. The molecule has 108 valence electrons. The summed E-state index contributed by atoms with van der Waals surface area (Å²) in [5.41, 5.74) is 6.80. The Balaban J connectivity index is 2.07. The number of nitrogen functional groups attached to an aromatic ring is 1. The summed E-state index contributed by atoms with van der Waals surface area (Å²) in [6.07, 6.45) is -0.606. The van der Waals surface area contributed by atoms with Crippen LogP contribution in [0.15, 0.2) is 6.33 Å². The van der Waals surface area contributed by atoms with Crippen LogP contribution in [-0.4, -0.2) is 53.8 Å². The Morgan fingerprint density at radius 3 is 2.90 bits per heavy atom. The Bertz CT molecular complexity index is 648. The number of imidazole rings is 1. The Labute approximate surface area is 120 Å². The van der Waals surface area contributed by atoms with E-state index in [0.717, 1.165) is 0 Å². The molecule has 0 aliphatic carbocycles. The van der Waals surface area contributed by atoms with E-state index in [0.29, 0.717) is 22.8 Å². The number of nitrogens with zero attached hydrogens (tertiary/aromatic N) is 4. The highest BCUT2D eigenvalue weighted by atomic mass is 32.1. The van der Waals surface area contributed by atoms with E-state index in [1.54, 1.807) is 11.5 Å². The average molecular weight is 297 g/mol. The number of rotatable bonds is 2. The molecule has 0 amide bonds. The topological polar surface area (TPSA) is 119 Å². The number of aliphatic hydroxyl groups excluding tert-OH is 2. The molecule has 1 aliphatic heterocycles. The smallest absolute Gasteiger partial charge is 0.167 e. The van der Waals surface area contributed by atoms with E-state index < -0.39 is 23.7 Å². The van der Waals surface area contributed by atoms with Gasteiger partial charge >= 0.3 is 0 Å². The van der Waals surface area contributed by atoms with Crippen molar-refractivity contribution in [2.45, 2.75) is 30.6 Å². The van der Waals surface area contributed by atoms with Crippen LogP contribution in [0.25, 0.3) is 11.2 Å². The summed E-state index contributed by atoms with van der Waals surface area (Å²) in [5.74, 6) is 0.809. The lowest BCUT2D eigenvalue weighted by Gasteiger charge is -2.16. The molecule has 4 atom stereocenters. The van der Waals surface area contributed by atoms with Crippen molar-refractivity contribution in [3.63, 3.8) is 0 Å². The number of thiol groups is 1. The van der Waals surface area contributed by atoms with Gasteiger partial charge in [0, 0.05) is 0 Å². The minimum Gasteiger partial charge on any atom is -0.394 e. The van der Waals surface area contributed by atoms with Gasteiger partial charge in [-0.2, -0.15) is 12.6 Å². The van der Waals surface area contributed by atoms with Crippen LogP contribution in [0.3, 0.4) is 0 Å². The van der Waals surface area contributed by atoms with Gasteiger partial charge in [-0.1, -0.05) is 0 Å². The predicted molar refractivity (Wildman–Crippen MR) is 74.2 cm³/mol. The van der Waals surface area contributed by atoms with Gasteiger partial charge in [-0.3, -0.25) is 4.57 Å². The van der Waals surface area contributed by atoms with Gasteiger partial charge in [-0.15, -0.1) is 0 Å². The van der Waals surface area contributed by atoms with Gasteiger partial charge in [0.1, 0.15) is 17.4 Å². The van der Waals surface area contributed by atoms with Crippen molar-refractivity contribution in [2.75, 3.05) is 12.3 Å². The van der Waals surface area contributed by atoms with Crippen molar-refractivity contribution in [1.82, 2.24) is 19.5 Å². The van der Waals surface area contributed by atoms with Gasteiger partial charge in [0.2, 0.25) is 0 Å². The molecule has 2 aromatic rings. The van der Waals surface area contributed by atoms with Crippen LogP contribution in [0.1, 0.15) is 12.1 Å². The second-order valence-electron chi connectivity index (χ2n) is 4.71. The largest absolute Gasteiger partial charge is 0.394 e. The Morgan fingerprint density at radius 2 is 2.25 bits per heavy atom. The minimum absolute atomic E-state index is 0.280. The van der Waals surface area contributed by atoms with Crippen LogP contribution in [0.4, 0.5) is 5.82 Å². The lowest BCUT2D eigenvalue weighted by Crippen LogP contribution is -2.30. The van der Waals surface area contributed by atoms with Crippen LogP contribution in [-0.2, 0) is 4.74 Å². The molecule has 3 heterocycles. The third kappa shape index (κ3) is 1.94. The van der Waals surface area contributed by atoms with Crippen LogP contribution < -0.4 is 5.73 Å². The zero-order valence-corrected chi connectivity index (χ0v) is 11.6. The number of aromatic nitrogens is 4. The van der Waals surface area contributed by atoms with Crippen molar-refractivity contribution in [3.05, 3.63) is 12.2 Å². The summed E-state index contributed by atoms with van der Waals surface area (Å²) in [7, 11) is 0. The Hall–Kier alpha value is -1.42. The molecule has 1 aliphatic rings. The van der Waals surface area contributed by atoms with E-state index in [9.17, 15) is 10.2 Å².